The van der Waals surface area contributed by atoms with Crippen molar-refractivity contribution in [3.8, 4) is 11.5 Å². The predicted octanol–water partition coefficient (Wildman–Crippen LogP) is 3.44. The molecule has 0 amide bonds. The maximum Gasteiger partial charge on any atom is 0.332 e. The number of rotatable bonds is 4. The number of aliphatic imine (C=N–C) groups is 1. The largest absolute Gasteiger partial charge is 0.493 e. The van der Waals surface area contributed by atoms with E-state index in [0.29, 0.717) is 29.8 Å². The Balaban J connectivity index is 1.59. The highest BCUT2D eigenvalue weighted by Gasteiger charge is 2.65. The summed E-state index contributed by atoms with van der Waals surface area (Å²) in [6.07, 6.45) is 2.59. The summed E-state index contributed by atoms with van der Waals surface area (Å²) in [5.74, 6) is 2.15. The molecule has 4 atom stereocenters. The van der Waals surface area contributed by atoms with Gasteiger partial charge in [0.25, 0.3) is 0 Å². The Kier molecular flexibility index (Phi) is 3.83. The van der Waals surface area contributed by atoms with Gasteiger partial charge >= 0.3 is 5.97 Å². The van der Waals surface area contributed by atoms with Gasteiger partial charge in [0.15, 0.2) is 23.1 Å². The van der Waals surface area contributed by atoms with Crippen LogP contribution in [0.3, 0.4) is 0 Å². The smallest absolute Gasteiger partial charge is 0.332 e. The van der Waals surface area contributed by atoms with Crippen molar-refractivity contribution in [3.05, 3.63) is 23.8 Å². The molecule has 0 aromatic heterocycles. The van der Waals surface area contributed by atoms with Crippen molar-refractivity contribution >= 4 is 11.7 Å². The lowest BCUT2D eigenvalue weighted by Gasteiger charge is -2.64. The van der Waals surface area contributed by atoms with E-state index >= 15 is 0 Å². The first-order valence-corrected chi connectivity index (χ1v) is 9.30. The van der Waals surface area contributed by atoms with Crippen LogP contribution < -0.4 is 9.47 Å². The minimum absolute atomic E-state index is 0.216. The Morgan fingerprint density at radius 2 is 1.92 bits per heavy atom. The summed E-state index contributed by atoms with van der Waals surface area (Å²) >= 11 is 0. The molecule has 5 nitrogen and oxygen atoms in total. The number of nitrogens with zero attached hydrogens (tertiary/aromatic N) is 1. The van der Waals surface area contributed by atoms with E-state index in [0.717, 1.165) is 24.1 Å². The zero-order valence-electron chi connectivity index (χ0n) is 16.2. The van der Waals surface area contributed by atoms with Gasteiger partial charge in [-0.05, 0) is 48.8 Å². The molecule has 140 valence electrons. The van der Waals surface area contributed by atoms with Crippen molar-refractivity contribution < 1.29 is 19.0 Å². The zero-order chi connectivity index (χ0) is 18.7. The molecule has 2 bridgehead atoms. The van der Waals surface area contributed by atoms with Gasteiger partial charge in [-0.15, -0.1) is 0 Å². The number of esters is 1. The standard InChI is InChI=1S/C21H27NO4/c1-20(2)13-10-17(20)21(3)18(11-13)22-14(19(23)26-21)8-12-6-7-15(24-4)16(9-12)25-5/h6-7,9,13-14,17H,8,10-11H2,1-5H3/t13-,14-,17-,21-/m0/s1. The third-order valence-electron chi connectivity index (χ3n) is 6.92. The summed E-state index contributed by atoms with van der Waals surface area (Å²) in [7, 11) is 3.22. The van der Waals surface area contributed by atoms with Gasteiger partial charge in [0, 0.05) is 12.3 Å². The third kappa shape index (κ3) is 2.36. The molecule has 1 aromatic rings. The molecule has 1 heterocycles. The highest BCUT2D eigenvalue weighted by molar-refractivity contribution is 6.00. The first-order chi connectivity index (χ1) is 12.3. The molecule has 0 saturated heterocycles. The van der Waals surface area contributed by atoms with Gasteiger partial charge in [0.05, 0.1) is 19.9 Å². The molecule has 0 N–H and O–H groups in total. The quantitative estimate of drug-likeness (QED) is 0.775. The Morgan fingerprint density at radius 1 is 1.19 bits per heavy atom. The second-order valence-electron chi connectivity index (χ2n) is 8.52. The number of carbonyl (C=O) groups is 1. The Labute approximate surface area is 154 Å². The monoisotopic (exact) mass is 357 g/mol. The minimum atomic E-state index is -0.524. The average molecular weight is 357 g/mol. The number of methoxy groups -OCH3 is 2. The third-order valence-corrected chi connectivity index (χ3v) is 6.92. The van der Waals surface area contributed by atoms with Crippen molar-refractivity contribution in [2.75, 3.05) is 14.2 Å². The molecular weight excluding hydrogens is 330 g/mol. The summed E-state index contributed by atoms with van der Waals surface area (Å²) in [6, 6.07) is 5.24. The van der Waals surface area contributed by atoms with Gasteiger partial charge in [-0.1, -0.05) is 19.9 Å². The van der Waals surface area contributed by atoms with Crippen LogP contribution in [0.15, 0.2) is 23.2 Å². The van der Waals surface area contributed by atoms with Crippen molar-refractivity contribution in [2.45, 2.75) is 51.7 Å². The topological polar surface area (TPSA) is 57.1 Å². The van der Waals surface area contributed by atoms with Gasteiger partial charge in [-0.2, -0.15) is 0 Å². The van der Waals surface area contributed by atoms with E-state index in [-0.39, 0.29) is 11.4 Å². The number of hydrogen-bond donors (Lipinski definition) is 0. The van der Waals surface area contributed by atoms with Crippen LogP contribution in [0.2, 0.25) is 0 Å². The molecule has 5 rings (SSSR count). The lowest BCUT2D eigenvalue weighted by molar-refractivity contribution is -0.187. The maximum absolute atomic E-state index is 12.7. The van der Waals surface area contributed by atoms with Crippen molar-refractivity contribution in [2.24, 2.45) is 22.2 Å². The van der Waals surface area contributed by atoms with Crippen molar-refractivity contribution in [3.63, 3.8) is 0 Å². The van der Waals surface area contributed by atoms with E-state index in [1.807, 2.05) is 18.2 Å². The summed E-state index contributed by atoms with van der Waals surface area (Å²) in [5, 5.41) is 0. The Hall–Kier alpha value is -2.04. The molecule has 3 saturated carbocycles. The first-order valence-electron chi connectivity index (χ1n) is 9.30. The van der Waals surface area contributed by atoms with Gasteiger partial charge in [0.1, 0.15) is 0 Å². The van der Waals surface area contributed by atoms with E-state index in [2.05, 4.69) is 20.8 Å². The summed E-state index contributed by atoms with van der Waals surface area (Å²) in [4.78, 5) is 17.6. The van der Waals surface area contributed by atoms with Crippen LogP contribution >= 0.6 is 0 Å². The molecule has 1 aliphatic heterocycles. The fourth-order valence-corrected chi connectivity index (χ4v) is 5.12. The van der Waals surface area contributed by atoms with Gasteiger partial charge in [0.2, 0.25) is 0 Å². The van der Waals surface area contributed by atoms with Gasteiger partial charge < -0.3 is 14.2 Å². The molecule has 3 fully saturated rings. The molecule has 5 heteroatoms. The average Bonchev–Trinajstić information content (AvgIpc) is 2.61. The minimum Gasteiger partial charge on any atom is -0.493 e. The van der Waals surface area contributed by atoms with Crippen molar-refractivity contribution in [1.82, 2.24) is 0 Å². The summed E-state index contributed by atoms with van der Waals surface area (Å²) in [5.41, 5.74) is 1.76. The van der Waals surface area contributed by atoms with Gasteiger partial charge in [-0.25, -0.2) is 4.79 Å². The molecule has 0 unspecified atom stereocenters. The number of ether oxygens (including phenoxy) is 3. The van der Waals surface area contributed by atoms with E-state index < -0.39 is 11.6 Å². The normalized spacial score (nSPS) is 34.1. The molecule has 3 aliphatic carbocycles. The second kappa shape index (κ2) is 5.73. The molecule has 0 spiro atoms. The Bertz CT molecular complexity index is 784. The fourth-order valence-electron chi connectivity index (χ4n) is 5.12. The Morgan fingerprint density at radius 3 is 2.58 bits per heavy atom. The molecular formula is C21H27NO4. The van der Waals surface area contributed by atoms with Crippen LogP contribution in [0.1, 0.15) is 39.2 Å². The van der Waals surface area contributed by atoms with Crippen LogP contribution in [0.25, 0.3) is 0 Å². The van der Waals surface area contributed by atoms with E-state index in [1.165, 1.54) is 0 Å². The predicted molar refractivity (Wildman–Crippen MR) is 99.0 cm³/mol. The SMILES string of the molecule is COc1ccc(C[C@@H]2N=C3C[C@@H]4C[C@@H](C4(C)C)[C@]3(C)OC2=O)cc1OC. The lowest BCUT2D eigenvalue weighted by Crippen LogP contribution is -2.68. The van der Waals surface area contributed by atoms with Crippen LogP contribution in [0.4, 0.5) is 0 Å². The zero-order valence-corrected chi connectivity index (χ0v) is 16.2. The summed E-state index contributed by atoms with van der Waals surface area (Å²) < 4.78 is 16.7. The van der Waals surface area contributed by atoms with Crippen LogP contribution in [-0.4, -0.2) is 37.5 Å². The molecule has 0 radical (unpaired) electrons. The number of benzene rings is 1. The van der Waals surface area contributed by atoms with Crippen LogP contribution in [0.5, 0.6) is 11.5 Å². The fraction of sp³-hybridized carbons (Fsp3) is 0.619. The lowest BCUT2D eigenvalue weighted by atomic mass is 9.43. The number of carbonyl (C=O) groups excluding carboxylic acids is 1. The van der Waals surface area contributed by atoms with E-state index in [1.54, 1.807) is 14.2 Å². The van der Waals surface area contributed by atoms with Gasteiger partial charge in [-0.3, -0.25) is 4.99 Å². The van der Waals surface area contributed by atoms with Crippen LogP contribution in [0, 0.1) is 17.3 Å². The van der Waals surface area contributed by atoms with E-state index in [4.69, 9.17) is 19.2 Å². The highest BCUT2D eigenvalue weighted by atomic mass is 16.6. The first kappa shape index (κ1) is 17.4. The molecule has 26 heavy (non-hydrogen) atoms. The summed E-state index contributed by atoms with van der Waals surface area (Å²) in [6.45, 7) is 6.63. The van der Waals surface area contributed by atoms with Crippen LogP contribution in [-0.2, 0) is 16.0 Å². The number of hydrogen-bond acceptors (Lipinski definition) is 5. The molecule has 4 aliphatic rings. The van der Waals surface area contributed by atoms with E-state index in [9.17, 15) is 4.79 Å². The maximum atomic E-state index is 12.7. The second-order valence-corrected chi connectivity index (χ2v) is 8.52. The molecule has 1 aromatic carbocycles. The highest BCUT2D eigenvalue weighted by Crippen LogP contribution is 2.63. The van der Waals surface area contributed by atoms with Crippen molar-refractivity contribution in [1.29, 1.82) is 0 Å².